The fourth-order valence-corrected chi connectivity index (χ4v) is 1.73. The Bertz CT molecular complexity index is 627. The van der Waals surface area contributed by atoms with Crippen molar-refractivity contribution < 1.29 is 9.53 Å². The third-order valence-electron chi connectivity index (χ3n) is 2.60. The molecule has 0 saturated heterocycles. The van der Waals surface area contributed by atoms with E-state index in [0.29, 0.717) is 12.0 Å². The Morgan fingerprint density at radius 3 is 2.32 bits per heavy atom. The van der Waals surface area contributed by atoms with Crippen LogP contribution in [0.1, 0.15) is 24.2 Å². The minimum atomic E-state index is -0.380. The van der Waals surface area contributed by atoms with Crippen LogP contribution in [0, 0.1) is 0 Å². The van der Waals surface area contributed by atoms with Crippen LogP contribution in [-0.2, 0) is 0 Å². The first-order valence-electron chi connectivity index (χ1n) is 6.06. The van der Waals surface area contributed by atoms with Gasteiger partial charge in [-0.1, -0.05) is 0 Å². The van der Waals surface area contributed by atoms with E-state index in [2.05, 4.69) is 4.98 Å². The molecule has 1 aromatic heterocycles. The molecule has 98 valence electrons. The lowest BCUT2D eigenvalue weighted by Crippen LogP contribution is -2.11. The molecule has 0 spiro atoms. The topological polar surface area (TPSA) is 59.2 Å². The van der Waals surface area contributed by atoms with Crippen LogP contribution in [0.4, 0.5) is 0 Å². The maximum Gasteiger partial charge on any atom is 0.258 e. The van der Waals surface area contributed by atoms with Gasteiger partial charge < -0.3 is 9.72 Å². The Kier molecular flexibility index (Phi) is 3.80. The molecule has 4 nitrogen and oxygen atoms in total. The SMILES string of the molecule is CC(C)Oc1ccc(-c2ccc(C=O)c(=O)[nH]2)cc1. The van der Waals surface area contributed by atoms with Crippen LogP contribution >= 0.6 is 0 Å². The Labute approximate surface area is 111 Å². The monoisotopic (exact) mass is 257 g/mol. The van der Waals surface area contributed by atoms with Crippen LogP contribution in [0.25, 0.3) is 11.3 Å². The van der Waals surface area contributed by atoms with Crippen molar-refractivity contribution in [2.24, 2.45) is 0 Å². The molecule has 0 unspecified atom stereocenters. The minimum Gasteiger partial charge on any atom is -0.491 e. The molecule has 0 aliphatic carbocycles. The van der Waals surface area contributed by atoms with Crippen molar-refractivity contribution >= 4 is 6.29 Å². The lowest BCUT2D eigenvalue weighted by molar-refractivity contribution is 0.112. The number of aldehydes is 1. The normalized spacial score (nSPS) is 10.5. The zero-order chi connectivity index (χ0) is 13.8. The minimum absolute atomic E-state index is 0.123. The Morgan fingerprint density at radius 1 is 1.11 bits per heavy atom. The van der Waals surface area contributed by atoms with Crippen molar-refractivity contribution in [1.29, 1.82) is 0 Å². The average molecular weight is 257 g/mol. The molecular weight excluding hydrogens is 242 g/mol. The van der Waals surface area contributed by atoms with Crippen molar-refractivity contribution in [2.75, 3.05) is 0 Å². The van der Waals surface area contributed by atoms with Gasteiger partial charge in [-0.15, -0.1) is 0 Å². The summed E-state index contributed by atoms with van der Waals surface area (Å²) in [6, 6.07) is 10.7. The molecule has 0 aliphatic rings. The van der Waals surface area contributed by atoms with Crippen molar-refractivity contribution in [1.82, 2.24) is 4.98 Å². The van der Waals surface area contributed by atoms with E-state index in [1.165, 1.54) is 6.07 Å². The number of aromatic nitrogens is 1. The third-order valence-corrected chi connectivity index (χ3v) is 2.60. The highest BCUT2D eigenvalue weighted by Crippen LogP contribution is 2.20. The van der Waals surface area contributed by atoms with Crippen molar-refractivity contribution in [3.05, 3.63) is 52.3 Å². The summed E-state index contributed by atoms with van der Waals surface area (Å²) in [5.41, 5.74) is 1.29. The van der Waals surface area contributed by atoms with E-state index in [1.807, 2.05) is 38.1 Å². The van der Waals surface area contributed by atoms with Gasteiger partial charge >= 0.3 is 0 Å². The molecule has 1 heterocycles. The van der Waals surface area contributed by atoms with Crippen LogP contribution in [0.15, 0.2) is 41.2 Å². The third kappa shape index (κ3) is 3.10. The number of rotatable bonds is 4. The molecule has 19 heavy (non-hydrogen) atoms. The molecule has 2 aromatic rings. The smallest absolute Gasteiger partial charge is 0.258 e. The molecule has 0 fully saturated rings. The highest BCUT2D eigenvalue weighted by atomic mass is 16.5. The van der Waals surface area contributed by atoms with Crippen molar-refractivity contribution in [2.45, 2.75) is 20.0 Å². The summed E-state index contributed by atoms with van der Waals surface area (Å²) in [5, 5.41) is 0. The number of benzene rings is 1. The van der Waals surface area contributed by atoms with Crippen molar-refractivity contribution in [3.8, 4) is 17.0 Å². The van der Waals surface area contributed by atoms with Gasteiger partial charge in [-0.3, -0.25) is 9.59 Å². The Balaban J connectivity index is 2.29. The molecule has 4 heteroatoms. The predicted molar refractivity (Wildman–Crippen MR) is 73.7 cm³/mol. The van der Waals surface area contributed by atoms with Gasteiger partial charge in [0.25, 0.3) is 5.56 Å². The summed E-state index contributed by atoms with van der Waals surface area (Å²) >= 11 is 0. The number of hydrogen-bond donors (Lipinski definition) is 1. The van der Waals surface area contributed by atoms with Gasteiger partial charge in [-0.2, -0.15) is 0 Å². The van der Waals surface area contributed by atoms with Crippen LogP contribution in [-0.4, -0.2) is 17.4 Å². The fraction of sp³-hybridized carbons (Fsp3) is 0.200. The maximum absolute atomic E-state index is 11.5. The number of carbonyl (C=O) groups excluding carboxylic acids is 1. The summed E-state index contributed by atoms with van der Waals surface area (Å²) in [7, 11) is 0. The van der Waals surface area contributed by atoms with Gasteiger partial charge in [-0.05, 0) is 55.8 Å². The predicted octanol–water partition coefficient (Wildman–Crippen LogP) is 2.64. The van der Waals surface area contributed by atoms with E-state index < -0.39 is 0 Å². The largest absolute Gasteiger partial charge is 0.491 e. The van der Waals surface area contributed by atoms with E-state index in [9.17, 15) is 9.59 Å². The van der Waals surface area contributed by atoms with Crippen LogP contribution in [0.5, 0.6) is 5.75 Å². The van der Waals surface area contributed by atoms with Crippen LogP contribution in [0.2, 0.25) is 0 Å². The fourth-order valence-electron chi connectivity index (χ4n) is 1.73. The first kappa shape index (κ1) is 13.1. The van der Waals surface area contributed by atoms with E-state index in [-0.39, 0.29) is 17.2 Å². The molecule has 0 saturated carbocycles. The molecule has 1 N–H and O–H groups in total. The molecule has 1 aromatic carbocycles. The summed E-state index contributed by atoms with van der Waals surface area (Å²) in [6.45, 7) is 3.92. The summed E-state index contributed by atoms with van der Waals surface area (Å²) < 4.78 is 5.55. The van der Waals surface area contributed by atoms with Crippen LogP contribution < -0.4 is 10.3 Å². The zero-order valence-electron chi connectivity index (χ0n) is 10.8. The molecule has 0 bridgehead atoms. The molecule has 2 rings (SSSR count). The van der Waals surface area contributed by atoms with E-state index in [4.69, 9.17) is 4.74 Å². The van der Waals surface area contributed by atoms with Crippen molar-refractivity contribution in [3.63, 3.8) is 0 Å². The first-order chi connectivity index (χ1) is 9.10. The van der Waals surface area contributed by atoms with E-state index in [1.54, 1.807) is 6.07 Å². The summed E-state index contributed by atoms with van der Waals surface area (Å²) in [4.78, 5) is 24.8. The molecule has 0 amide bonds. The first-order valence-corrected chi connectivity index (χ1v) is 6.06. The Hall–Kier alpha value is -2.36. The van der Waals surface area contributed by atoms with Crippen LogP contribution in [0.3, 0.4) is 0 Å². The quantitative estimate of drug-likeness (QED) is 0.856. The lowest BCUT2D eigenvalue weighted by atomic mass is 10.1. The van der Waals surface area contributed by atoms with Gasteiger partial charge in [0.2, 0.25) is 0 Å². The maximum atomic E-state index is 11.5. The summed E-state index contributed by atoms with van der Waals surface area (Å²) in [6.07, 6.45) is 0.667. The second-order valence-corrected chi connectivity index (χ2v) is 4.47. The molecule has 0 atom stereocenters. The number of hydrogen-bond acceptors (Lipinski definition) is 3. The molecule has 0 radical (unpaired) electrons. The van der Waals surface area contributed by atoms with Gasteiger partial charge in [0.05, 0.1) is 11.7 Å². The number of nitrogens with one attached hydrogen (secondary N) is 1. The number of carbonyl (C=O) groups is 1. The number of H-pyrrole nitrogens is 1. The second-order valence-electron chi connectivity index (χ2n) is 4.47. The highest BCUT2D eigenvalue weighted by molar-refractivity contribution is 5.75. The Morgan fingerprint density at radius 2 is 1.79 bits per heavy atom. The summed E-state index contributed by atoms with van der Waals surface area (Å²) in [5.74, 6) is 0.783. The highest BCUT2D eigenvalue weighted by Gasteiger charge is 2.03. The number of pyridine rings is 1. The van der Waals surface area contributed by atoms with Gasteiger partial charge in [-0.25, -0.2) is 0 Å². The number of aromatic amines is 1. The van der Waals surface area contributed by atoms with Gasteiger partial charge in [0.15, 0.2) is 6.29 Å². The van der Waals surface area contributed by atoms with E-state index >= 15 is 0 Å². The standard InChI is InChI=1S/C15H15NO3/c1-10(2)19-13-6-3-11(4-7-13)14-8-5-12(9-17)15(18)16-14/h3-10H,1-2H3,(H,16,18). The van der Waals surface area contributed by atoms with E-state index in [0.717, 1.165) is 11.3 Å². The molecular formula is C15H15NO3. The second kappa shape index (κ2) is 5.52. The average Bonchev–Trinajstić information content (AvgIpc) is 2.39. The lowest BCUT2D eigenvalue weighted by Gasteiger charge is -2.10. The van der Waals surface area contributed by atoms with Gasteiger partial charge in [0, 0.05) is 5.69 Å². The molecule has 0 aliphatic heterocycles. The zero-order valence-corrected chi connectivity index (χ0v) is 10.8. The van der Waals surface area contributed by atoms with Gasteiger partial charge in [0.1, 0.15) is 5.75 Å². The number of ether oxygens (including phenoxy) is 1.